The Morgan fingerprint density at radius 3 is 2.67 bits per heavy atom. The van der Waals surface area contributed by atoms with Gasteiger partial charge in [-0.15, -0.1) is 0 Å². The number of amides is 1. The first-order valence-corrected chi connectivity index (χ1v) is 7.40. The molecule has 0 unspecified atom stereocenters. The van der Waals surface area contributed by atoms with Crippen LogP contribution in [0, 0.1) is 6.92 Å². The molecule has 110 valence electrons. The van der Waals surface area contributed by atoms with Gasteiger partial charge in [-0.1, -0.05) is 36.7 Å². The summed E-state index contributed by atoms with van der Waals surface area (Å²) in [6.45, 7) is 4.86. The van der Waals surface area contributed by atoms with E-state index >= 15 is 0 Å². The molecule has 0 atom stereocenters. The van der Waals surface area contributed by atoms with Gasteiger partial charge in [-0.3, -0.25) is 4.79 Å². The van der Waals surface area contributed by atoms with Crippen LogP contribution in [0.2, 0.25) is 5.02 Å². The molecule has 0 fully saturated rings. The van der Waals surface area contributed by atoms with Crippen LogP contribution in [0.3, 0.4) is 0 Å². The summed E-state index contributed by atoms with van der Waals surface area (Å²) in [6, 6.07) is 13.0. The van der Waals surface area contributed by atoms with E-state index in [9.17, 15) is 4.79 Å². The normalized spacial score (nSPS) is 10.2. The summed E-state index contributed by atoms with van der Waals surface area (Å²) < 4.78 is 0. The number of para-hydroxylation sites is 1. The van der Waals surface area contributed by atoms with Gasteiger partial charge in [-0.25, -0.2) is 0 Å². The minimum absolute atomic E-state index is 0.139. The summed E-state index contributed by atoms with van der Waals surface area (Å²) in [5.41, 5.74) is 3.19. The molecule has 0 aliphatic rings. The smallest absolute Gasteiger partial charge is 0.257 e. The lowest BCUT2D eigenvalue weighted by Crippen LogP contribution is -2.15. The molecule has 0 bridgehead atoms. The number of halogens is 1. The predicted molar refractivity (Wildman–Crippen MR) is 89.4 cm³/mol. The highest BCUT2D eigenvalue weighted by Gasteiger charge is 2.12. The number of carbonyl (C=O) groups is 1. The van der Waals surface area contributed by atoms with Crippen molar-refractivity contribution in [3.05, 3.63) is 58.6 Å². The van der Waals surface area contributed by atoms with Gasteiger partial charge >= 0.3 is 0 Å². The Bertz CT molecular complexity index is 640. The van der Waals surface area contributed by atoms with Crippen molar-refractivity contribution in [2.24, 2.45) is 0 Å². The molecule has 0 saturated carbocycles. The molecule has 3 nitrogen and oxygen atoms in total. The number of aryl methyl sites for hydroxylation is 1. The van der Waals surface area contributed by atoms with Crippen LogP contribution >= 0.6 is 11.6 Å². The van der Waals surface area contributed by atoms with Crippen molar-refractivity contribution in [2.75, 3.05) is 17.2 Å². The molecule has 0 aliphatic carbocycles. The van der Waals surface area contributed by atoms with E-state index in [0.29, 0.717) is 10.6 Å². The van der Waals surface area contributed by atoms with Gasteiger partial charge in [0, 0.05) is 22.9 Å². The van der Waals surface area contributed by atoms with E-state index in [1.54, 1.807) is 6.07 Å². The minimum atomic E-state index is -0.139. The summed E-state index contributed by atoms with van der Waals surface area (Å²) >= 11 is 5.98. The summed E-state index contributed by atoms with van der Waals surface area (Å²) in [5.74, 6) is -0.139. The van der Waals surface area contributed by atoms with Crippen molar-refractivity contribution in [2.45, 2.75) is 20.3 Å². The minimum Gasteiger partial charge on any atom is -0.384 e. The van der Waals surface area contributed by atoms with Crippen molar-refractivity contribution in [1.82, 2.24) is 0 Å². The molecule has 0 aromatic heterocycles. The second kappa shape index (κ2) is 7.14. The number of rotatable bonds is 5. The fourth-order valence-electron chi connectivity index (χ4n) is 2.01. The SMILES string of the molecule is CCCNc1ccccc1C(=O)Nc1cc(Cl)ccc1C. The maximum Gasteiger partial charge on any atom is 0.257 e. The lowest BCUT2D eigenvalue weighted by atomic mass is 10.1. The zero-order chi connectivity index (χ0) is 15.2. The number of anilines is 2. The van der Waals surface area contributed by atoms with E-state index in [2.05, 4.69) is 17.6 Å². The Morgan fingerprint density at radius 1 is 1.14 bits per heavy atom. The van der Waals surface area contributed by atoms with Crippen molar-refractivity contribution < 1.29 is 4.79 Å². The van der Waals surface area contributed by atoms with Crippen LogP contribution in [-0.4, -0.2) is 12.5 Å². The van der Waals surface area contributed by atoms with Gasteiger partial charge in [-0.05, 0) is 43.2 Å². The number of hydrogen-bond acceptors (Lipinski definition) is 2. The van der Waals surface area contributed by atoms with Crippen LogP contribution in [0.4, 0.5) is 11.4 Å². The van der Waals surface area contributed by atoms with E-state index < -0.39 is 0 Å². The third kappa shape index (κ3) is 3.99. The summed E-state index contributed by atoms with van der Waals surface area (Å²) in [5, 5.41) is 6.79. The van der Waals surface area contributed by atoms with E-state index in [-0.39, 0.29) is 5.91 Å². The van der Waals surface area contributed by atoms with Crippen LogP contribution in [0.25, 0.3) is 0 Å². The molecule has 2 aromatic carbocycles. The lowest BCUT2D eigenvalue weighted by Gasteiger charge is -2.13. The fraction of sp³-hybridized carbons (Fsp3) is 0.235. The van der Waals surface area contributed by atoms with Crippen molar-refractivity contribution in [1.29, 1.82) is 0 Å². The zero-order valence-corrected chi connectivity index (χ0v) is 13.0. The van der Waals surface area contributed by atoms with Crippen molar-refractivity contribution in [3.8, 4) is 0 Å². The number of hydrogen-bond donors (Lipinski definition) is 2. The zero-order valence-electron chi connectivity index (χ0n) is 12.2. The third-order valence-electron chi connectivity index (χ3n) is 3.18. The van der Waals surface area contributed by atoms with Crippen LogP contribution in [0.5, 0.6) is 0 Å². The highest BCUT2D eigenvalue weighted by Crippen LogP contribution is 2.22. The molecule has 0 spiro atoms. The Balaban J connectivity index is 2.22. The van der Waals surface area contributed by atoms with Crippen LogP contribution in [0.1, 0.15) is 29.3 Å². The second-order valence-corrected chi connectivity index (χ2v) is 5.32. The fourth-order valence-corrected chi connectivity index (χ4v) is 2.19. The first-order chi connectivity index (χ1) is 10.1. The first-order valence-electron chi connectivity index (χ1n) is 7.02. The van der Waals surface area contributed by atoms with Gasteiger partial charge in [0.2, 0.25) is 0 Å². The second-order valence-electron chi connectivity index (χ2n) is 4.89. The number of benzene rings is 2. The van der Waals surface area contributed by atoms with Crippen molar-refractivity contribution in [3.63, 3.8) is 0 Å². The molecule has 2 aromatic rings. The van der Waals surface area contributed by atoms with Gasteiger partial charge in [0.15, 0.2) is 0 Å². The molecule has 4 heteroatoms. The largest absolute Gasteiger partial charge is 0.384 e. The molecule has 0 saturated heterocycles. The first kappa shape index (κ1) is 15.4. The van der Waals surface area contributed by atoms with Gasteiger partial charge in [0.1, 0.15) is 0 Å². The molecular formula is C17H19ClN2O. The third-order valence-corrected chi connectivity index (χ3v) is 3.42. The maximum atomic E-state index is 12.5. The lowest BCUT2D eigenvalue weighted by molar-refractivity contribution is 0.102. The molecule has 0 aliphatic heterocycles. The van der Waals surface area contributed by atoms with E-state index in [1.165, 1.54) is 0 Å². The van der Waals surface area contributed by atoms with Gasteiger partial charge in [-0.2, -0.15) is 0 Å². The van der Waals surface area contributed by atoms with Gasteiger partial charge in [0.25, 0.3) is 5.91 Å². The van der Waals surface area contributed by atoms with E-state index in [1.807, 2.05) is 43.3 Å². The average molecular weight is 303 g/mol. The molecule has 21 heavy (non-hydrogen) atoms. The van der Waals surface area contributed by atoms with Gasteiger partial charge < -0.3 is 10.6 Å². The average Bonchev–Trinajstić information content (AvgIpc) is 2.49. The standard InChI is InChI=1S/C17H19ClN2O/c1-3-10-19-15-7-5-4-6-14(15)17(21)20-16-11-13(18)9-8-12(16)2/h4-9,11,19H,3,10H2,1-2H3,(H,20,21). The molecule has 0 radical (unpaired) electrons. The predicted octanol–water partition coefficient (Wildman–Crippen LogP) is 4.72. The molecule has 0 heterocycles. The summed E-state index contributed by atoms with van der Waals surface area (Å²) in [7, 11) is 0. The number of carbonyl (C=O) groups excluding carboxylic acids is 1. The number of nitrogens with one attached hydrogen (secondary N) is 2. The molecule has 2 rings (SSSR count). The molecular weight excluding hydrogens is 284 g/mol. The highest BCUT2D eigenvalue weighted by molar-refractivity contribution is 6.31. The topological polar surface area (TPSA) is 41.1 Å². The Morgan fingerprint density at radius 2 is 1.90 bits per heavy atom. The van der Waals surface area contributed by atoms with Crippen molar-refractivity contribution >= 4 is 28.9 Å². The van der Waals surface area contributed by atoms with Gasteiger partial charge in [0.05, 0.1) is 5.56 Å². The Hall–Kier alpha value is -2.00. The Kier molecular flexibility index (Phi) is 5.23. The van der Waals surface area contributed by atoms with E-state index in [0.717, 1.165) is 29.9 Å². The summed E-state index contributed by atoms with van der Waals surface area (Å²) in [4.78, 5) is 12.5. The van der Waals surface area contributed by atoms with Crippen LogP contribution < -0.4 is 10.6 Å². The Labute approximate surface area is 130 Å². The van der Waals surface area contributed by atoms with E-state index in [4.69, 9.17) is 11.6 Å². The van der Waals surface area contributed by atoms with Crippen LogP contribution in [-0.2, 0) is 0 Å². The van der Waals surface area contributed by atoms with Crippen LogP contribution in [0.15, 0.2) is 42.5 Å². The molecule has 2 N–H and O–H groups in total. The molecule has 1 amide bonds. The summed E-state index contributed by atoms with van der Waals surface area (Å²) in [6.07, 6.45) is 1.00. The quantitative estimate of drug-likeness (QED) is 0.839. The monoisotopic (exact) mass is 302 g/mol. The maximum absolute atomic E-state index is 12.5. The highest BCUT2D eigenvalue weighted by atomic mass is 35.5.